The van der Waals surface area contributed by atoms with Crippen LogP contribution in [0.25, 0.3) is 10.6 Å². The van der Waals surface area contributed by atoms with Gasteiger partial charge in [-0.3, -0.25) is 4.79 Å². The Labute approximate surface area is 106 Å². The topological polar surface area (TPSA) is 42.0 Å². The van der Waals surface area contributed by atoms with Gasteiger partial charge in [0.1, 0.15) is 5.01 Å². The fourth-order valence-electron chi connectivity index (χ4n) is 1.26. The SMILES string of the molecule is O=C(CBr)Nc1ccc(-c2nccs2)cc1. The van der Waals surface area contributed by atoms with Gasteiger partial charge in [0.25, 0.3) is 0 Å². The number of amides is 1. The molecule has 0 bridgehead atoms. The quantitative estimate of drug-likeness (QED) is 0.884. The van der Waals surface area contributed by atoms with Gasteiger partial charge in [0.2, 0.25) is 5.91 Å². The van der Waals surface area contributed by atoms with E-state index in [2.05, 4.69) is 26.2 Å². The molecule has 2 rings (SSSR count). The summed E-state index contributed by atoms with van der Waals surface area (Å²) in [5.74, 6) is -0.0537. The number of thiazole rings is 1. The molecule has 0 saturated heterocycles. The van der Waals surface area contributed by atoms with Gasteiger partial charge in [-0.15, -0.1) is 11.3 Å². The smallest absolute Gasteiger partial charge is 0.235 e. The highest BCUT2D eigenvalue weighted by Gasteiger charge is 2.02. The first-order valence-corrected chi connectivity index (χ1v) is 6.65. The maximum absolute atomic E-state index is 11.1. The molecule has 16 heavy (non-hydrogen) atoms. The van der Waals surface area contributed by atoms with E-state index in [0.717, 1.165) is 16.3 Å². The van der Waals surface area contributed by atoms with E-state index in [1.54, 1.807) is 17.5 Å². The highest BCUT2D eigenvalue weighted by Crippen LogP contribution is 2.23. The van der Waals surface area contributed by atoms with Crippen LogP contribution in [-0.4, -0.2) is 16.2 Å². The van der Waals surface area contributed by atoms with Crippen LogP contribution in [0.4, 0.5) is 5.69 Å². The van der Waals surface area contributed by atoms with Crippen LogP contribution in [0.15, 0.2) is 35.8 Å². The molecule has 1 amide bonds. The summed E-state index contributed by atoms with van der Waals surface area (Å²) in [5, 5.41) is 5.99. The molecule has 0 unspecified atom stereocenters. The van der Waals surface area contributed by atoms with Gasteiger partial charge >= 0.3 is 0 Å². The lowest BCUT2D eigenvalue weighted by atomic mass is 10.2. The molecule has 0 aliphatic rings. The number of nitrogens with zero attached hydrogens (tertiary/aromatic N) is 1. The minimum atomic E-state index is -0.0537. The Morgan fingerprint density at radius 1 is 1.38 bits per heavy atom. The van der Waals surface area contributed by atoms with E-state index in [-0.39, 0.29) is 5.91 Å². The van der Waals surface area contributed by atoms with E-state index in [4.69, 9.17) is 0 Å². The maximum atomic E-state index is 11.1. The minimum absolute atomic E-state index is 0.0537. The van der Waals surface area contributed by atoms with Crippen LogP contribution < -0.4 is 5.32 Å². The minimum Gasteiger partial charge on any atom is -0.325 e. The molecule has 3 nitrogen and oxygen atoms in total. The molecule has 82 valence electrons. The zero-order chi connectivity index (χ0) is 11.4. The van der Waals surface area contributed by atoms with Crippen LogP contribution in [0.1, 0.15) is 0 Å². The number of alkyl halides is 1. The third-order valence-electron chi connectivity index (χ3n) is 1.97. The predicted molar refractivity (Wildman–Crippen MR) is 70.0 cm³/mol. The summed E-state index contributed by atoms with van der Waals surface area (Å²) in [4.78, 5) is 15.3. The Hall–Kier alpha value is -1.20. The van der Waals surface area contributed by atoms with Gasteiger partial charge in [-0.1, -0.05) is 15.9 Å². The summed E-state index contributed by atoms with van der Waals surface area (Å²) < 4.78 is 0. The van der Waals surface area contributed by atoms with Crippen LogP contribution in [-0.2, 0) is 4.79 Å². The number of carbonyl (C=O) groups is 1. The van der Waals surface area contributed by atoms with Gasteiger partial charge in [0.15, 0.2) is 0 Å². The van der Waals surface area contributed by atoms with E-state index >= 15 is 0 Å². The lowest BCUT2D eigenvalue weighted by Gasteiger charge is -2.03. The first-order valence-electron chi connectivity index (χ1n) is 4.65. The van der Waals surface area contributed by atoms with Gasteiger partial charge in [-0.05, 0) is 24.3 Å². The summed E-state index contributed by atoms with van der Waals surface area (Å²) in [6.45, 7) is 0. The Balaban J connectivity index is 2.14. The zero-order valence-electron chi connectivity index (χ0n) is 8.31. The molecule has 1 heterocycles. The molecule has 2 aromatic rings. The second-order valence-corrected chi connectivity index (χ2v) is 4.55. The van der Waals surface area contributed by atoms with Crippen molar-refractivity contribution < 1.29 is 4.79 Å². The van der Waals surface area contributed by atoms with E-state index in [9.17, 15) is 4.79 Å². The third kappa shape index (κ3) is 2.68. The molecule has 0 fully saturated rings. The predicted octanol–water partition coefficient (Wildman–Crippen LogP) is 3.14. The average Bonchev–Trinajstić information content (AvgIpc) is 2.83. The molecular formula is C11H9BrN2OS. The number of hydrogen-bond donors (Lipinski definition) is 1. The second kappa shape index (κ2) is 5.23. The Bertz CT molecular complexity index is 467. The van der Waals surface area contributed by atoms with Crippen LogP contribution >= 0.6 is 27.3 Å². The molecule has 1 aromatic carbocycles. The van der Waals surface area contributed by atoms with Crippen molar-refractivity contribution in [1.82, 2.24) is 4.98 Å². The molecular weight excluding hydrogens is 288 g/mol. The summed E-state index contributed by atoms with van der Waals surface area (Å²) in [5.41, 5.74) is 1.86. The van der Waals surface area contributed by atoms with E-state index in [1.165, 1.54) is 0 Å². The lowest BCUT2D eigenvalue weighted by molar-refractivity contribution is -0.113. The number of benzene rings is 1. The van der Waals surface area contributed by atoms with Crippen molar-refractivity contribution in [1.29, 1.82) is 0 Å². The summed E-state index contributed by atoms with van der Waals surface area (Å²) in [7, 11) is 0. The maximum Gasteiger partial charge on any atom is 0.235 e. The molecule has 1 N–H and O–H groups in total. The standard InChI is InChI=1S/C11H9BrN2OS/c12-7-10(15)14-9-3-1-8(2-4-9)11-13-5-6-16-11/h1-6H,7H2,(H,14,15). The molecule has 1 aromatic heterocycles. The average molecular weight is 297 g/mol. The monoisotopic (exact) mass is 296 g/mol. The fourth-order valence-corrected chi connectivity index (χ4v) is 2.04. The van der Waals surface area contributed by atoms with Crippen LogP contribution in [0, 0.1) is 0 Å². The highest BCUT2D eigenvalue weighted by molar-refractivity contribution is 9.09. The van der Waals surface area contributed by atoms with Gasteiger partial charge in [-0.25, -0.2) is 4.98 Å². The van der Waals surface area contributed by atoms with Crippen molar-refractivity contribution in [2.24, 2.45) is 0 Å². The number of halogens is 1. The number of aromatic nitrogens is 1. The number of anilines is 1. The molecule has 0 aliphatic heterocycles. The molecule has 0 atom stereocenters. The summed E-state index contributed by atoms with van der Waals surface area (Å²) in [6.07, 6.45) is 1.78. The Morgan fingerprint density at radius 3 is 2.69 bits per heavy atom. The first-order chi connectivity index (χ1) is 7.79. The van der Waals surface area contributed by atoms with Crippen molar-refractivity contribution in [3.63, 3.8) is 0 Å². The molecule has 0 spiro atoms. The van der Waals surface area contributed by atoms with Crippen LogP contribution in [0.3, 0.4) is 0 Å². The molecule has 0 radical (unpaired) electrons. The van der Waals surface area contributed by atoms with Crippen molar-refractivity contribution >= 4 is 38.9 Å². The Kier molecular flexibility index (Phi) is 3.69. The number of nitrogens with one attached hydrogen (secondary N) is 1. The van der Waals surface area contributed by atoms with Crippen LogP contribution in [0.2, 0.25) is 0 Å². The van der Waals surface area contributed by atoms with Gasteiger partial charge in [0.05, 0.1) is 5.33 Å². The summed E-state index contributed by atoms with van der Waals surface area (Å²) in [6, 6.07) is 7.64. The van der Waals surface area contributed by atoms with Crippen molar-refractivity contribution in [3.05, 3.63) is 35.8 Å². The molecule has 0 aliphatic carbocycles. The molecule has 0 saturated carbocycles. The number of hydrogen-bond acceptors (Lipinski definition) is 3. The van der Waals surface area contributed by atoms with E-state index < -0.39 is 0 Å². The van der Waals surface area contributed by atoms with E-state index in [0.29, 0.717) is 5.33 Å². The summed E-state index contributed by atoms with van der Waals surface area (Å²) >= 11 is 4.69. The van der Waals surface area contributed by atoms with Gasteiger partial charge in [-0.2, -0.15) is 0 Å². The van der Waals surface area contributed by atoms with Gasteiger partial charge in [0, 0.05) is 22.8 Å². The number of rotatable bonds is 3. The van der Waals surface area contributed by atoms with Crippen molar-refractivity contribution in [2.75, 3.05) is 10.6 Å². The fraction of sp³-hybridized carbons (Fsp3) is 0.0909. The van der Waals surface area contributed by atoms with Crippen molar-refractivity contribution in [2.45, 2.75) is 0 Å². The Morgan fingerprint density at radius 2 is 2.12 bits per heavy atom. The first kappa shape index (κ1) is 11.3. The second-order valence-electron chi connectivity index (χ2n) is 3.10. The van der Waals surface area contributed by atoms with Gasteiger partial charge < -0.3 is 5.32 Å². The third-order valence-corrected chi connectivity index (χ3v) is 3.30. The highest BCUT2D eigenvalue weighted by atomic mass is 79.9. The molecule has 5 heteroatoms. The van der Waals surface area contributed by atoms with Crippen molar-refractivity contribution in [3.8, 4) is 10.6 Å². The zero-order valence-corrected chi connectivity index (χ0v) is 10.7. The normalized spacial score (nSPS) is 10.1. The van der Waals surface area contributed by atoms with Crippen LogP contribution in [0.5, 0.6) is 0 Å². The largest absolute Gasteiger partial charge is 0.325 e. The van der Waals surface area contributed by atoms with E-state index in [1.807, 2.05) is 29.6 Å². The lowest BCUT2D eigenvalue weighted by Crippen LogP contribution is -2.11. The number of carbonyl (C=O) groups excluding carboxylic acids is 1.